The van der Waals surface area contributed by atoms with Crippen molar-refractivity contribution in [3.63, 3.8) is 0 Å². The van der Waals surface area contributed by atoms with Gasteiger partial charge in [0.25, 0.3) is 5.91 Å². The molecule has 0 atom stereocenters. The first kappa shape index (κ1) is 15.6. The molecular formula is C13H21N3O2S. The third-order valence-electron chi connectivity index (χ3n) is 2.65. The Balaban J connectivity index is 2.63. The van der Waals surface area contributed by atoms with Crippen LogP contribution in [0.3, 0.4) is 0 Å². The first-order valence-electron chi connectivity index (χ1n) is 6.44. The number of amides is 2. The minimum atomic E-state index is -0.0820. The van der Waals surface area contributed by atoms with Gasteiger partial charge in [-0.15, -0.1) is 0 Å². The van der Waals surface area contributed by atoms with Crippen molar-refractivity contribution >= 4 is 28.3 Å². The molecule has 0 aliphatic heterocycles. The van der Waals surface area contributed by atoms with Crippen LogP contribution in [0.15, 0.2) is 0 Å². The van der Waals surface area contributed by atoms with E-state index in [2.05, 4.69) is 17.2 Å². The van der Waals surface area contributed by atoms with Crippen LogP contribution in [0.25, 0.3) is 0 Å². The summed E-state index contributed by atoms with van der Waals surface area (Å²) in [4.78, 5) is 29.8. The average molecular weight is 283 g/mol. The van der Waals surface area contributed by atoms with Crippen molar-refractivity contribution in [3.05, 3.63) is 10.6 Å². The van der Waals surface area contributed by atoms with E-state index in [-0.39, 0.29) is 11.8 Å². The molecule has 1 aromatic heterocycles. The number of carbonyl (C=O) groups is 2. The lowest BCUT2D eigenvalue weighted by atomic mass is 10.2. The normalized spacial score (nSPS) is 10.3. The number of rotatable bonds is 6. The van der Waals surface area contributed by atoms with Crippen LogP contribution in [-0.2, 0) is 4.79 Å². The number of aromatic nitrogens is 1. The Bertz CT molecular complexity index is 455. The van der Waals surface area contributed by atoms with Gasteiger partial charge < -0.3 is 10.2 Å². The zero-order valence-electron chi connectivity index (χ0n) is 11.9. The maximum Gasteiger partial charge on any atom is 0.265 e. The van der Waals surface area contributed by atoms with Crippen LogP contribution in [0.4, 0.5) is 5.13 Å². The molecule has 0 unspecified atom stereocenters. The molecule has 2 amide bonds. The Morgan fingerprint density at radius 1 is 1.32 bits per heavy atom. The summed E-state index contributed by atoms with van der Waals surface area (Å²) < 4.78 is 0. The SMILES string of the molecule is CCCCCC(=O)Nc1nc(C)c(C(=O)N(C)C)s1. The fourth-order valence-electron chi connectivity index (χ4n) is 1.57. The van der Waals surface area contributed by atoms with Crippen molar-refractivity contribution < 1.29 is 9.59 Å². The van der Waals surface area contributed by atoms with Crippen LogP contribution in [0.1, 0.15) is 48.0 Å². The first-order chi connectivity index (χ1) is 8.95. The van der Waals surface area contributed by atoms with Gasteiger partial charge in [-0.1, -0.05) is 31.1 Å². The van der Waals surface area contributed by atoms with Crippen LogP contribution in [0, 0.1) is 6.92 Å². The zero-order valence-corrected chi connectivity index (χ0v) is 12.8. The highest BCUT2D eigenvalue weighted by Gasteiger charge is 2.17. The van der Waals surface area contributed by atoms with Gasteiger partial charge in [-0.3, -0.25) is 9.59 Å². The molecule has 0 fully saturated rings. The standard InChI is InChI=1S/C13H21N3O2S/c1-5-6-7-8-10(17)15-13-14-9(2)11(19-13)12(18)16(3)4/h5-8H2,1-4H3,(H,14,15,17). The third kappa shape index (κ3) is 4.63. The van der Waals surface area contributed by atoms with Gasteiger partial charge in [-0.25, -0.2) is 4.98 Å². The number of thiazole rings is 1. The van der Waals surface area contributed by atoms with Gasteiger partial charge >= 0.3 is 0 Å². The largest absolute Gasteiger partial charge is 0.344 e. The maximum absolute atomic E-state index is 11.9. The summed E-state index contributed by atoms with van der Waals surface area (Å²) in [6.07, 6.45) is 3.53. The lowest BCUT2D eigenvalue weighted by Crippen LogP contribution is -2.21. The van der Waals surface area contributed by atoms with E-state index in [9.17, 15) is 9.59 Å². The van der Waals surface area contributed by atoms with Gasteiger partial charge in [-0.05, 0) is 13.3 Å². The first-order valence-corrected chi connectivity index (χ1v) is 7.26. The number of anilines is 1. The second-order valence-electron chi connectivity index (χ2n) is 4.64. The molecule has 19 heavy (non-hydrogen) atoms. The van der Waals surface area contributed by atoms with Gasteiger partial charge in [0.15, 0.2) is 5.13 Å². The van der Waals surface area contributed by atoms with Crippen molar-refractivity contribution in [3.8, 4) is 0 Å². The van der Waals surface area contributed by atoms with E-state index in [1.807, 2.05) is 0 Å². The number of hydrogen-bond acceptors (Lipinski definition) is 4. The van der Waals surface area contributed by atoms with Crippen molar-refractivity contribution in [2.24, 2.45) is 0 Å². The molecule has 0 radical (unpaired) electrons. The van der Waals surface area contributed by atoms with E-state index in [4.69, 9.17) is 0 Å². The van der Waals surface area contributed by atoms with E-state index in [0.29, 0.717) is 22.1 Å². The summed E-state index contributed by atoms with van der Waals surface area (Å²) in [5.41, 5.74) is 0.660. The molecule has 6 heteroatoms. The predicted octanol–water partition coefficient (Wildman–Crippen LogP) is 2.67. The van der Waals surface area contributed by atoms with Crippen molar-refractivity contribution in [1.29, 1.82) is 0 Å². The Kier molecular flexibility index (Phi) is 5.95. The van der Waals surface area contributed by atoms with E-state index in [1.54, 1.807) is 21.0 Å². The molecule has 1 rings (SSSR count). The molecule has 1 aromatic rings. The molecule has 0 saturated heterocycles. The third-order valence-corrected chi connectivity index (χ3v) is 3.71. The number of nitrogens with zero attached hydrogens (tertiary/aromatic N) is 2. The second kappa shape index (κ2) is 7.23. The number of nitrogens with one attached hydrogen (secondary N) is 1. The fraction of sp³-hybridized carbons (Fsp3) is 0.615. The smallest absolute Gasteiger partial charge is 0.265 e. The van der Waals surface area contributed by atoms with Crippen LogP contribution in [0.2, 0.25) is 0 Å². The van der Waals surface area contributed by atoms with E-state index in [0.717, 1.165) is 19.3 Å². The summed E-state index contributed by atoms with van der Waals surface area (Å²) in [7, 11) is 3.40. The summed E-state index contributed by atoms with van der Waals surface area (Å²) >= 11 is 1.23. The fourth-order valence-corrected chi connectivity index (χ4v) is 2.57. The van der Waals surface area contributed by atoms with E-state index in [1.165, 1.54) is 16.2 Å². The zero-order chi connectivity index (χ0) is 14.4. The molecule has 1 heterocycles. The molecule has 0 spiro atoms. The Hall–Kier alpha value is -1.43. The Morgan fingerprint density at radius 3 is 2.58 bits per heavy atom. The molecule has 0 aliphatic rings. The van der Waals surface area contributed by atoms with Gasteiger partial charge in [0.05, 0.1) is 5.69 Å². The van der Waals surface area contributed by atoms with Gasteiger partial charge in [0, 0.05) is 20.5 Å². The highest BCUT2D eigenvalue weighted by molar-refractivity contribution is 7.17. The van der Waals surface area contributed by atoms with Crippen LogP contribution in [0.5, 0.6) is 0 Å². The minimum absolute atomic E-state index is 0.0361. The number of unbranched alkanes of at least 4 members (excludes halogenated alkanes) is 2. The summed E-state index contributed by atoms with van der Waals surface area (Å²) in [6.45, 7) is 3.88. The van der Waals surface area contributed by atoms with E-state index < -0.39 is 0 Å². The predicted molar refractivity (Wildman–Crippen MR) is 77.6 cm³/mol. The number of aryl methyl sites for hydroxylation is 1. The Morgan fingerprint density at radius 2 is 2.00 bits per heavy atom. The minimum Gasteiger partial charge on any atom is -0.344 e. The van der Waals surface area contributed by atoms with Gasteiger partial charge in [0.1, 0.15) is 4.88 Å². The second-order valence-corrected chi connectivity index (χ2v) is 5.64. The van der Waals surface area contributed by atoms with E-state index >= 15 is 0 Å². The molecule has 0 saturated carbocycles. The van der Waals surface area contributed by atoms with Crippen LogP contribution >= 0.6 is 11.3 Å². The van der Waals surface area contributed by atoms with Gasteiger partial charge in [0.2, 0.25) is 5.91 Å². The van der Waals surface area contributed by atoms with Crippen molar-refractivity contribution in [2.45, 2.75) is 39.5 Å². The summed E-state index contributed by atoms with van der Waals surface area (Å²) in [5, 5.41) is 3.26. The van der Waals surface area contributed by atoms with Crippen molar-refractivity contribution in [2.75, 3.05) is 19.4 Å². The lowest BCUT2D eigenvalue weighted by Gasteiger charge is -2.07. The number of hydrogen-bond donors (Lipinski definition) is 1. The highest BCUT2D eigenvalue weighted by Crippen LogP contribution is 2.23. The molecule has 1 N–H and O–H groups in total. The summed E-state index contributed by atoms with van der Waals surface area (Å²) in [5.74, 6) is -0.118. The van der Waals surface area contributed by atoms with Crippen LogP contribution in [-0.4, -0.2) is 35.8 Å². The number of carbonyl (C=O) groups excluding carboxylic acids is 2. The summed E-state index contributed by atoms with van der Waals surface area (Å²) in [6, 6.07) is 0. The molecule has 106 valence electrons. The van der Waals surface area contributed by atoms with Crippen LogP contribution < -0.4 is 5.32 Å². The van der Waals surface area contributed by atoms with Crippen molar-refractivity contribution in [1.82, 2.24) is 9.88 Å². The average Bonchev–Trinajstić information content (AvgIpc) is 2.69. The van der Waals surface area contributed by atoms with Gasteiger partial charge in [-0.2, -0.15) is 0 Å². The Labute approximate surface area is 118 Å². The monoisotopic (exact) mass is 283 g/mol. The maximum atomic E-state index is 11.9. The quantitative estimate of drug-likeness (QED) is 0.816. The molecule has 0 aromatic carbocycles. The molecule has 0 bridgehead atoms. The topological polar surface area (TPSA) is 62.3 Å². The lowest BCUT2D eigenvalue weighted by molar-refractivity contribution is -0.116. The highest BCUT2D eigenvalue weighted by atomic mass is 32.1. The molecular weight excluding hydrogens is 262 g/mol. The molecule has 5 nitrogen and oxygen atoms in total. The molecule has 0 aliphatic carbocycles.